The average Bonchev–Trinajstić information content (AvgIpc) is 2.41. The number of anilines is 1. The lowest BCUT2D eigenvalue weighted by Crippen LogP contribution is -2.05. The van der Waals surface area contributed by atoms with Crippen LogP contribution in [0.2, 0.25) is 5.15 Å². The fourth-order valence-corrected chi connectivity index (χ4v) is 1.89. The molecule has 0 atom stereocenters. The second-order valence-electron chi connectivity index (χ2n) is 4.24. The Morgan fingerprint density at radius 2 is 1.95 bits per heavy atom. The zero-order valence-corrected chi connectivity index (χ0v) is 12.0. The molecule has 0 aliphatic rings. The molecule has 0 spiro atoms. The standard InChI is InChI=1S/C14H16ClN3O/c1-9-10(2)18-14(13(15)17-9)16-8-11-5-4-6-12(7-11)19-3/h4-7H,8H2,1-3H3,(H,16,18). The van der Waals surface area contributed by atoms with E-state index in [1.807, 2.05) is 38.1 Å². The molecule has 2 aromatic rings. The number of nitrogens with one attached hydrogen (secondary N) is 1. The van der Waals surface area contributed by atoms with Crippen molar-refractivity contribution in [1.29, 1.82) is 0 Å². The molecule has 1 heterocycles. The van der Waals surface area contributed by atoms with Crippen molar-refractivity contribution in [1.82, 2.24) is 9.97 Å². The molecular weight excluding hydrogens is 262 g/mol. The molecule has 1 aromatic carbocycles. The Hall–Kier alpha value is -1.81. The molecule has 0 aliphatic carbocycles. The maximum atomic E-state index is 6.07. The molecule has 0 unspecified atom stereocenters. The molecule has 1 aromatic heterocycles. The van der Waals surface area contributed by atoms with Gasteiger partial charge in [0.15, 0.2) is 11.0 Å². The number of hydrogen-bond donors (Lipinski definition) is 1. The first-order chi connectivity index (χ1) is 9.10. The number of hydrogen-bond acceptors (Lipinski definition) is 4. The van der Waals surface area contributed by atoms with Crippen LogP contribution < -0.4 is 10.1 Å². The lowest BCUT2D eigenvalue weighted by atomic mass is 10.2. The Kier molecular flexibility index (Phi) is 4.22. The van der Waals surface area contributed by atoms with E-state index in [4.69, 9.17) is 16.3 Å². The SMILES string of the molecule is COc1cccc(CNc2nc(C)c(C)nc2Cl)c1. The van der Waals surface area contributed by atoms with Crippen molar-refractivity contribution < 1.29 is 4.74 Å². The van der Waals surface area contributed by atoms with Gasteiger partial charge in [-0.05, 0) is 31.5 Å². The van der Waals surface area contributed by atoms with Crippen molar-refractivity contribution in [2.45, 2.75) is 20.4 Å². The maximum Gasteiger partial charge on any atom is 0.171 e. The lowest BCUT2D eigenvalue weighted by Gasteiger charge is -2.10. The highest BCUT2D eigenvalue weighted by atomic mass is 35.5. The van der Waals surface area contributed by atoms with Gasteiger partial charge in [0.25, 0.3) is 0 Å². The quantitative estimate of drug-likeness (QED) is 0.931. The Balaban J connectivity index is 2.12. The van der Waals surface area contributed by atoms with Crippen LogP contribution in [0.4, 0.5) is 5.82 Å². The highest BCUT2D eigenvalue weighted by Crippen LogP contribution is 2.20. The summed E-state index contributed by atoms with van der Waals surface area (Å²) in [6.45, 7) is 4.42. The van der Waals surface area contributed by atoms with Crippen LogP contribution in [0.25, 0.3) is 0 Å². The predicted octanol–water partition coefficient (Wildman–Crippen LogP) is 3.37. The Morgan fingerprint density at radius 1 is 1.21 bits per heavy atom. The van der Waals surface area contributed by atoms with Crippen LogP contribution in [0, 0.1) is 13.8 Å². The summed E-state index contributed by atoms with van der Waals surface area (Å²) in [7, 11) is 1.65. The van der Waals surface area contributed by atoms with Crippen molar-refractivity contribution >= 4 is 17.4 Å². The average molecular weight is 278 g/mol. The number of rotatable bonds is 4. The van der Waals surface area contributed by atoms with Gasteiger partial charge in [-0.15, -0.1) is 0 Å². The molecule has 0 saturated carbocycles. The van der Waals surface area contributed by atoms with E-state index < -0.39 is 0 Å². The third kappa shape index (κ3) is 3.35. The van der Waals surface area contributed by atoms with Gasteiger partial charge in [-0.25, -0.2) is 9.97 Å². The van der Waals surface area contributed by atoms with Gasteiger partial charge in [-0.2, -0.15) is 0 Å². The van der Waals surface area contributed by atoms with Crippen LogP contribution in [0.15, 0.2) is 24.3 Å². The molecular formula is C14H16ClN3O. The van der Waals surface area contributed by atoms with E-state index in [1.165, 1.54) is 0 Å². The fraction of sp³-hybridized carbons (Fsp3) is 0.286. The lowest BCUT2D eigenvalue weighted by molar-refractivity contribution is 0.414. The zero-order valence-electron chi connectivity index (χ0n) is 11.2. The summed E-state index contributed by atoms with van der Waals surface area (Å²) in [6, 6.07) is 7.84. The van der Waals surface area contributed by atoms with Gasteiger partial charge in [-0.1, -0.05) is 23.7 Å². The van der Waals surface area contributed by atoms with E-state index in [9.17, 15) is 0 Å². The van der Waals surface area contributed by atoms with Gasteiger partial charge >= 0.3 is 0 Å². The first-order valence-corrected chi connectivity index (χ1v) is 6.35. The van der Waals surface area contributed by atoms with Crippen molar-refractivity contribution in [2.24, 2.45) is 0 Å². The van der Waals surface area contributed by atoms with Gasteiger partial charge < -0.3 is 10.1 Å². The third-order valence-electron chi connectivity index (χ3n) is 2.86. The van der Waals surface area contributed by atoms with Crippen LogP contribution in [0.5, 0.6) is 5.75 Å². The molecule has 0 bridgehead atoms. The Morgan fingerprint density at radius 3 is 2.68 bits per heavy atom. The van der Waals surface area contributed by atoms with E-state index in [1.54, 1.807) is 7.11 Å². The van der Waals surface area contributed by atoms with Crippen LogP contribution in [0.3, 0.4) is 0 Å². The van der Waals surface area contributed by atoms with Crippen molar-refractivity contribution in [2.75, 3.05) is 12.4 Å². The maximum absolute atomic E-state index is 6.07. The molecule has 0 aliphatic heterocycles. The minimum atomic E-state index is 0.394. The molecule has 100 valence electrons. The first kappa shape index (κ1) is 13.6. The van der Waals surface area contributed by atoms with Gasteiger partial charge in [0, 0.05) is 6.54 Å². The van der Waals surface area contributed by atoms with Crippen LogP contribution in [0.1, 0.15) is 17.0 Å². The number of nitrogens with zero attached hydrogens (tertiary/aromatic N) is 2. The Bertz CT molecular complexity index is 587. The topological polar surface area (TPSA) is 47.0 Å². The summed E-state index contributed by atoms with van der Waals surface area (Å²) >= 11 is 6.07. The second-order valence-corrected chi connectivity index (χ2v) is 4.60. The number of ether oxygens (including phenoxy) is 1. The van der Waals surface area contributed by atoms with E-state index >= 15 is 0 Å². The van der Waals surface area contributed by atoms with Gasteiger partial charge in [-0.3, -0.25) is 0 Å². The molecule has 1 N–H and O–H groups in total. The molecule has 0 saturated heterocycles. The van der Waals surface area contributed by atoms with E-state index in [-0.39, 0.29) is 0 Å². The largest absolute Gasteiger partial charge is 0.497 e. The van der Waals surface area contributed by atoms with Crippen LogP contribution in [-0.4, -0.2) is 17.1 Å². The molecule has 0 fully saturated rings. The predicted molar refractivity (Wildman–Crippen MR) is 76.8 cm³/mol. The molecule has 5 heteroatoms. The molecule has 0 amide bonds. The van der Waals surface area contributed by atoms with E-state index in [0.717, 1.165) is 22.7 Å². The summed E-state index contributed by atoms with van der Waals surface area (Å²) < 4.78 is 5.18. The van der Waals surface area contributed by atoms with Crippen LogP contribution in [-0.2, 0) is 6.54 Å². The minimum absolute atomic E-state index is 0.394. The summed E-state index contributed by atoms with van der Waals surface area (Å²) in [5, 5.41) is 3.58. The van der Waals surface area contributed by atoms with E-state index in [0.29, 0.717) is 17.5 Å². The minimum Gasteiger partial charge on any atom is -0.497 e. The molecule has 0 radical (unpaired) electrons. The monoisotopic (exact) mass is 277 g/mol. The van der Waals surface area contributed by atoms with Gasteiger partial charge in [0.2, 0.25) is 0 Å². The second kappa shape index (κ2) is 5.89. The van der Waals surface area contributed by atoms with Crippen molar-refractivity contribution in [3.05, 3.63) is 46.4 Å². The third-order valence-corrected chi connectivity index (χ3v) is 3.12. The van der Waals surface area contributed by atoms with Crippen LogP contribution >= 0.6 is 11.6 Å². The Labute approximate surface area is 117 Å². The summed E-state index contributed by atoms with van der Waals surface area (Å²) in [4.78, 5) is 8.63. The number of aromatic nitrogens is 2. The number of halogens is 1. The van der Waals surface area contributed by atoms with Crippen molar-refractivity contribution in [3.8, 4) is 5.75 Å². The smallest absolute Gasteiger partial charge is 0.171 e. The zero-order chi connectivity index (χ0) is 13.8. The molecule has 4 nitrogen and oxygen atoms in total. The number of benzene rings is 1. The first-order valence-electron chi connectivity index (χ1n) is 5.97. The fourth-order valence-electron chi connectivity index (χ4n) is 1.66. The molecule has 2 rings (SSSR count). The van der Waals surface area contributed by atoms with Gasteiger partial charge in [0.1, 0.15) is 5.75 Å². The van der Waals surface area contributed by atoms with Crippen molar-refractivity contribution in [3.63, 3.8) is 0 Å². The number of methoxy groups -OCH3 is 1. The van der Waals surface area contributed by atoms with Gasteiger partial charge in [0.05, 0.1) is 18.5 Å². The number of aryl methyl sites for hydroxylation is 2. The molecule has 19 heavy (non-hydrogen) atoms. The normalized spacial score (nSPS) is 10.3. The highest BCUT2D eigenvalue weighted by molar-refractivity contribution is 6.31. The summed E-state index contributed by atoms with van der Waals surface area (Å²) in [5.41, 5.74) is 2.81. The van der Waals surface area contributed by atoms with E-state index in [2.05, 4.69) is 15.3 Å². The summed E-state index contributed by atoms with van der Waals surface area (Å²) in [6.07, 6.45) is 0. The highest BCUT2D eigenvalue weighted by Gasteiger charge is 2.06. The summed E-state index contributed by atoms with van der Waals surface area (Å²) in [5.74, 6) is 1.43.